The highest BCUT2D eigenvalue weighted by atomic mass is 19.4. The Balaban J connectivity index is 6.73. The van der Waals surface area contributed by atoms with Gasteiger partial charge in [-0.3, -0.25) is 0 Å². The zero-order chi connectivity index (χ0) is 32.1. The maximum Gasteiger partial charge on any atom is 0.460 e. The maximum atomic E-state index is 14.2. The van der Waals surface area contributed by atoms with Crippen molar-refractivity contribution in [3.63, 3.8) is 0 Å². The second-order valence-corrected chi connectivity index (χ2v) is 8.80. The van der Waals surface area contributed by atoms with E-state index in [1.165, 1.54) is 0 Å². The number of aliphatic carboxylic acids is 1. The number of carboxylic acid groups (broad SMARTS) is 1. The molecule has 0 bridgehead atoms. The second kappa shape index (κ2) is 10.2. The van der Waals surface area contributed by atoms with E-state index < -0.39 is 77.5 Å². The first kappa shape index (κ1) is 36.5. The third kappa shape index (κ3) is 6.14. The standard InChI is InChI=1S/C18H15F17O4/c1-10(2,3)7(39-9(38)5-4-8(36)37)6-11(19,20)12(21,22)13(23,24)14(25,26)15(27,28)16(29,30)17(31,32)18(33,34)35/h4-5,7H,6H2,1-3H3,(H,36,37)/p-1. The number of alkyl halides is 17. The zero-order valence-corrected chi connectivity index (χ0v) is 19.0. The minimum atomic E-state index is -8.76. The first-order valence-electron chi connectivity index (χ1n) is 9.48. The molecule has 0 aromatic carbocycles. The third-order valence-corrected chi connectivity index (χ3v) is 4.81. The Morgan fingerprint density at radius 2 is 0.949 bits per heavy atom. The summed E-state index contributed by atoms with van der Waals surface area (Å²) >= 11 is 0. The molecule has 0 aliphatic rings. The van der Waals surface area contributed by atoms with Crippen LogP contribution >= 0.6 is 0 Å². The van der Waals surface area contributed by atoms with Gasteiger partial charge in [0, 0.05) is 6.08 Å². The Morgan fingerprint density at radius 3 is 1.26 bits per heavy atom. The number of halogens is 17. The fourth-order valence-corrected chi connectivity index (χ4v) is 2.40. The Bertz CT molecular complexity index is 944. The Kier molecular flexibility index (Phi) is 9.50. The molecule has 0 aliphatic carbocycles. The number of hydrogen-bond acceptors (Lipinski definition) is 4. The lowest BCUT2D eigenvalue weighted by atomic mass is 9.82. The molecule has 1 atom stereocenters. The van der Waals surface area contributed by atoms with E-state index in [9.17, 15) is 89.3 Å². The summed E-state index contributed by atoms with van der Waals surface area (Å²) in [7, 11) is 0. The number of ether oxygens (including phenoxy) is 1. The molecule has 4 nitrogen and oxygen atoms in total. The molecule has 21 heteroatoms. The van der Waals surface area contributed by atoms with Gasteiger partial charge in [-0.25, -0.2) is 4.79 Å². The molecular formula is C18H14F17O4-. The molecule has 0 radical (unpaired) electrons. The summed E-state index contributed by atoms with van der Waals surface area (Å²) < 4.78 is 231. The molecule has 0 saturated carbocycles. The SMILES string of the molecule is CC(C)(C)C(CC(F)(F)C(F)(F)C(F)(F)C(F)(F)C(F)(F)C(F)(F)C(F)(F)C(F)(F)F)OC(=O)C=CC(=O)[O-]. The van der Waals surface area contributed by atoms with Crippen LogP contribution in [-0.4, -0.2) is 65.7 Å². The van der Waals surface area contributed by atoms with Crippen molar-refractivity contribution < 1.29 is 94.1 Å². The van der Waals surface area contributed by atoms with E-state index >= 15 is 0 Å². The molecule has 0 aliphatic heterocycles. The van der Waals surface area contributed by atoms with Crippen LogP contribution in [0.5, 0.6) is 0 Å². The molecule has 0 N–H and O–H groups in total. The van der Waals surface area contributed by atoms with Crippen LogP contribution in [0.3, 0.4) is 0 Å². The van der Waals surface area contributed by atoms with E-state index in [0.29, 0.717) is 0 Å². The number of hydrogen-bond donors (Lipinski definition) is 0. The molecule has 0 aromatic rings. The summed E-state index contributed by atoms with van der Waals surface area (Å²) in [4.78, 5) is 21.7. The van der Waals surface area contributed by atoms with Crippen molar-refractivity contribution in [3.05, 3.63) is 12.2 Å². The van der Waals surface area contributed by atoms with Crippen LogP contribution < -0.4 is 5.11 Å². The highest BCUT2D eigenvalue weighted by molar-refractivity contribution is 5.90. The van der Waals surface area contributed by atoms with Gasteiger partial charge in [0.2, 0.25) is 0 Å². The van der Waals surface area contributed by atoms with Crippen molar-refractivity contribution >= 4 is 11.9 Å². The highest BCUT2D eigenvalue weighted by Crippen LogP contribution is 2.64. The Morgan fingerprint density at radius 1 is 0.615 bits per heavy atom. The van der Waals surface area contributed by atoms with Crippen molar-refractivity contribution in [1.82, 2.24) is 0 Å². The van der Waals surface area contributed by atoms with Crippen molar-refractivity contribution in [3.8, 4) is 0 Å². The summed E-state index contributed by atoms with van der Waals surface area (Å²) in [5.74, 6) is -61.7. The van der Waals surface area contributed by atoms with Gasteiger partial charge >= 0.3 is 53.6 Å². The molecular weight excluding hydrogens is 603 g/mol. The van der Waals surface area contributed by atoms with Crippen LogP contribution in [0.15, 0.2) is 12.2 Å². The van der Waals surface area contributed by atoms with E-state index in [2.05, 4.69) is 4.74 Å². The predicted molar refractivity (Wildman–Crippen MR) is 88.8 cm³/mol. The smallest absolute Gasteiger partial charge is 0.460 e. The van der Waals surface area contributed by atoms with E-state index in [4.69, 9.17) is 0 Å². The van der Waals surface area contributed by atoms with Gasteiger partial charge in [-0.1, -0.05) is 20.8 Å². The number of esters is 1. The normalized spacial score (nSPS) is 16.4. The molecule has 1 unspecified atom stereocenters. The van der Waals surface area contributed by atoms with Crippen molar-refractivity contribution in [2.45, 2.75) is 80.9 Å². The minimum Gasteiger partial charge on any atom is -0.545 e. The van der Waals surface area contributed by atoms with Gasteiger partial charge in [-0.05, 0) is 11.5 Å². The first-order chi connectivity index (χ1) is 16.7. The lowest BCUT2D eigenvalue weighted by Gasteiger charge is -2.43. The van der Waals surface area contributed by atoms with Gasteiger partial charge in [0.05, 0.1) is 12.4 Å². The van der Waals surface area contributed by atoms with Crippen molar-refractivity contribution in [2.75, 3.05) is 0 Å². The maximum absolute atomic E-state index is 14.2. The lowest BCUT2D eigenvalue weighted by molar-refractivity contribution is -0.462. The van der Waals surface area contributed by atoms with Gasteiger partial charge in [0.1, 0.15) is 6.10 Å². The number of rotatable bonds is 11. The van der Waals surface area contributed by atoms with Crippen LogP contribution in [-0.2, 0) is 14.3 Å². The van der Waals surface area contributed by atoms with Gasteiger partial charge < -0.3 is 14.6 Å². The van der Waals surface area contributed by atoms with Crippen LogP contribution in [0.2, 0.25) is 0 Å². The largest absolute Gasteiger partial charge is 0.545 e. The van der Waals surface area contributed by atoms with Crippen LogP contribution in [0, 0.1) is 5.41 Å². The highest BCUT2D eigenvalue weighted by Gasteiger charge is 2.95. The van der Waals surface area contributed by atoms with E-state index in [1.807, 2.05) is 0 Å². The number of carbonyl (C=O) groups excluding carboxylic acids is 2. The summed E-state index contributed by atoms with van der Waals surface area (Å²) in [6, 6.07) is 0. The molecule has 0 rings (SSSR count). The van der Waals surface area contributed by atoms with Crippen LogP contribution in [0.4, 0.5) is 74.6 Å². The molecule has 0 aromatic heterocycles. The summed E-state index contributed by atoms with van der Waals surface area (Å²) in [5.41, 5.74) is -2.06. The van der Waals surface area contributed by atoms with Crippen molar-refractivity contribution in [2.24, 2.45) is 5.41 Å². The second-order valence-electron chi connectivity index (χ2n) is 8.80. The minimum absolute atomic E-state index is 0.101. The molecule has 0 saturated heterocycles. The Hall–Kier alpha value is -2.51. The Labute approximate surface area is 205 Å². The van der Waals surface area contributed by atoms with Gasteiger partial charge in [0.25, 0.3) is 0 Å². The molecule has 0 amide bonds. The van der Waals surface area contributed by atoms with E-state index in [1.54, 1.807) is 0 Å². The zero-order valence-electron chi connectivity index (χ0n) is 19.0. The predicted octanol–water partition coefficient (Wildman–Crippen LogP) is 5.65. The topological polar surface area (TPSA) is 66.4 Å². The average molecular weight is 617 g/mol. The number of carboxylic acids is 1. The van der Waals surface area contributed by atoms with Crippen LogP contribution in [0.1, 0.15) is 27.2 Å². The lowest BCUT2D eigenvalue weighted by Crippen LogP contribution is -2.74. The molecule has 230 valence electrons. The first-order valence-corrected chi connectivity index (χ1v) is 9.48. The fourth-order valence-electron chi connectivity index (χ4n) is 2.40. The molecule has 0 fully saturated rings. The van der Waals surface area contributed by atoms with E-state index in [0.717, 1.165) is 20.8 Å². The van der Waals surface area contributed by atoms with E-state index in [-0.39, 0.29) is 12.2 Å². The van der Waals surface area contributed by atoms with Crippen molar-refractivity contribution in [1.29, 1.82) is 0 Å². The monoisotopic (exact) mass is 617 g/mol. The quantitative estimate of drug-likeness (QED) is 0.171. The summed E-state index contributed by atoms with van der Waals surface area (Å²) in [6.07, 6.45) is -13.9. The third-order valence-electron chi connectivity index (χ3n) is 4.81. The summed E-state index contributed by atoms with van der Waals surface area (Å²) in [6.45, 7) is 2.22. The fraction of sp³-hybridized carbons (Fsp3) is 0.778. The molecule has 39 heavy (non-hydrogen) atoms. The van der Waals surface area contributed by atoms with Gasteiger partial charge in [0.15, 0.2) is 0 Å². The number of carbonyl (C=O) groups is 2. The average Bonchev–Trinajstić information content (AvgIpc) is 2.69. The molecule has 0 spiro atoms. The molecule has 0 heterocycles. The van der Waals surface area contributed by atoms with Gasteiger partial charge in [-0.15, -0.1) is 0 Å². The van der Waals surface area contributed by atoms with Crippen LogP contribution in [0.25, 0.3) is 0 Å². The van der Waals surface area contributed by atoms with Gasteiger partial charge in [-0.2, -0.15) is 74.6 Å². The summed E-state index contributed by atoms with van der Waals surface area (Å²) in [5, 5.41) is 10.2.